The van der Waals surface area contributed by atoms with Crippen LogP contribution in [0.2, 0.25) is 0 Å². The maximum atomic E-state index is 13.4. The minimum Gasteiger partial charge on any atom is -0.342 e. The van der Waals surface area contributed by atoms with Gasteiger partial charge in [-0.3, -0.25) is 9.59 Å². The summed E-state index contributed by atoms with van der Waals surface area (Å²) in [6, 6.07) is 8.13. The zero-order chi connectivity index (χ0) is 23.7. The van der Waals surface area contributed by atoms with Crippen LogP contribution in [0.25, 0.3) is 0 Å². The topological polar surface area (TPSA) is 40.6 Å². The van der Waals surface area contributed by atoms with Crippen LogP contribution >= 0.6 is 11.8 Å². The number of likely N-dealkylation sites (tertiary alicyclic amines) is 1. The average molecular weight is 459 g/mol. The van der Waals surface area contributed by atoms with Gasteiger partial charge < -0.3 is 9.80 Å². The summed E-state index contributed by atoms with van der Waals surface area (Å²) in [6.07, 6.45) is 3.41. The molecule has 2 fully saturated rings. The first-order chi connectivity index (χ1) is 14.8. The summed E-state index contributed by atoms with van der Waals surface area (Å²) in [5.74, 6) is 1.78. The first kappa shape index (κ1) is 25.1. The highest BCUT2D eigenvalue weighted by Gasteiger charge is 2.47. The Morgan fingerprint density at radius 3 is 2.12 bits per heavy atom. The molecule has 0 N–H and O–H groups in total. The Kier molecular flexibility index (Phi) is 7.39. The van der Waals surface area contributed by atoms with Gasteiger partial charge >= 0.3 is 0 Å². The summed E-state index contributed by atoms with van der Waals surface area (Å²) in [5, 5.41) is 0. The maximum absolute atomic E-state index is 13.4. The van der Waals surface area contributed by atoms with Crippen LogP contribution in [-0.2, 0) is 10.2 Å². The standard InChI is InChI=1S/C27H42N2O2S/c1-20(19-25(2,3)4)18-23(30)28-14-12-27(13-15-28)29(16-17-32-27)24(31)21-8-10-22(11-9-21)26(5,6)7/h8-11,20H,12-19H2,1-7H3. The summed E-state index contributed by atoms with van der Waals surface area (Å²) in [6.45, 7) is 17.8. The molecule has 0 radical (unpaired) electrons. The van der Waals surface area contributed by atoms with Gasteiger partial charge in [0.15, 0.2) is 0 Å². The maximum Gasteiger partial charge on any atom is 0.254 e. The van der Waals surface area contributed by atoms with Gasteiger partial charge in [0.2, 0.25) is 5.91 Å². The Bertz CT molecular complexity index is 812. The molecule has 0 aliphatic carbocycles. The molecule has 0 saturated carbocycles. The second-order valence-corrected chi connectivity index (χ2v) is 13.5. The number of benzene rings is 1. The minimum atomic E-state index is -0.159. The molecule has 1 aromatic rings. The normalized spacial score (nSPS) is 20.0. The lowest BCUT2D eigenvalue weighted by atomic mass is 9.84. The van der Waals surface area contributed by atoms with Gasteiger partial charge in [-0.05, 0) is 53.7 Å². The lowest BCUT2D eigenvalue weighted by molar-refractivity contribution is -0.133. The third-order valence-corrected chi connectivity index (χ3v) is 8.35. The lowest BCUT2D eigenvalue weighted by Crippen LogP contribution is -2.53. The van der Waals surface area contributed by atoms with Crippen LogP contribution in [-0.4, -0.2) is 51.9 Å². The Morgan fingerprint density at radius 1 is 1.00 bits per heavy atom. The number of piperidine rings is 1. The number of carbonyl (C=O) groups is 2. The second-order valence-electron chi connectivity index (χ2n) is 12.0. The van der Waals surface area contributed by atoms with E-state index in [1.807, 2.05) is 28.8 Å². The fraction of sp³-hybridized carbons (Fsp3) is 0.704. The molecule has 2 heterocycles. The van der Waals surface area contributed by atoms with Crippen molar-refractivity contribution in [1.29, 1.82) is 0 Å². The Balaban J connectivity index is 1.62. The second kappa shape index (κ2) is 9.40. The number of hydrogen-bond acceptors (Lipinski definition) is 3. The molecule has 5 heteroatoms. The van der Waals surface area contributed by atoms with E-state index < -0.39 is 0 Å². The molecule has 4 nitrogen and oxygen atoms in total. The van der Waals surface area contributed by atoms with Crippen LogP contribution in [0.3, 0.4) is 0 Å². The lowest BCUT2D eigenvalue weighted by Gasteiger charge is -2.44. The molecule has 1 atom stereocenters. The van der Waals surface area contributed by atoms with Gasteiger partial charge in [0.25, 0.3) is 5.91 Å². The highest BCUT2D eigenvalue weighted by Crippen LogP contribution is 2.44. The third kappa shape index (κ3) is 5.89. The summed E-state index contributed by atoms with van der Waals surface area (Å²) in [7, 11) is 0. The third-order valence-electron chi connectivity index (χ3n) is 6.80. The highest BCUT2D eigenvalue weighted by atomic mass is 32.2. The predicted molar refractivity (Wildman–Crippen MR) is 135 cm³/mol. The Morgan fingerprint density at radius 2 is 1.59 bits per heavy atom. The average Bonchev–Trinajstić information content (AvgIpc) is 3.08. The molecule has 32 heavy (non-hydrogen) atoms. The van der Waals surface area contributed by atoms with E-state index >= 15 is 0 Å². The number of hydrogen-bond donors (Lipinski definition) is 0. The van der Waals surface area contributed by atoms with Crippen molar-refractivity contribution in [2.75, 3.05) is 25.4 Å². The molecular formula is C27H42N2O2S. The number of carbonyl (C=O) groups excluding carboxylic acids is 2. The first-order valence-corrected chi connectivity index (χ1v) is 13.1. The fourth-order valence-corrected chi connectivity index (χ4v) is 6.68. The largest absolute Gasteiger partial charge is 0.342 e. The number of rotatable bonds is 4. The van der Waals surface area contributed by atoms with E-state index in [1.165, 1.54) is 5.56 Å². The summed E-state index contributed by atoms with van der Waals surface area (Å²) >= 11 is 1.91. The molecule has 178 valence electrons. The molecule has 2 aliphatic rings. The van der Waals surface area contributed by atoms with Crippen molar-refractivity contribution in [3.63, 3.8) is 0 Å². The van der Waals surface area contributed by atoms with Gasteiger partial charge in [-0.25, -0.2) is 0 Å². The molecule has 2 aliphatic heterocycles. The summed E-state index contributed by atoms with van der Waals surface area (Å²) < 4.78 is 0. The molecule has 0 bridgehead atoms. The Hall–Kier alpha value is -1.49. The SMILES string of the molecule is CC(CC(=O)N1CCC2(CC1)SCCN2C(=O)c1ccc(C(C)(C)C)cc1)CC(C)(C)C. The highest BCUT2D eigenvalue weighted by molar-refractivity contribution is 8.00. The van der Waals surface area contributed by atoms with Crippen LogP contribution in [0.5, 0.6) is 0 Å². The molecule has 1 unspecified atom stereocenters. The quantitative estimate of drug-likeness (QED) is 0.559. The van der Waals surface area contributed by atoms with Crippen molar-refractivity contribution in [3.05, 3.63) is 35.4 Å². The van der Waals surface area contributed by atoms with E-state index in [0.717, 1.165) is 50.2 Å². The van der Waals surface area contributed by atoms with Crippen molar-refractivity contribution in [3.8, 4) is 0 Å². The van der Waals surface area contributed by atoms with E-state index in [1.54, 1.807) is 0 Å². The summed E-state index contributed by atoms with van der Waals surface area (Å²) in [4.78, 5) is 30.3. The van der Waals surface area contributed by atoms with Gasteiger partial charge in [0, 0.05) is 37.4 Å². The molecule has 1 aromatic carbocycles. The van der Waals surface area contributed by atoms with E-state index in [9.17, 15) is 9.59 Å². The van der Waals surface area contributed by atoms with E-state index in [-0.39, 0.29) is 27.5 Å². The monoisotopic (exact) mass is 458 g/mol. The number of nitrogens with zero attached hydrogens (tertiary/aromatic N) is 2. The molecule has 3 rings (SSSR count). The van der Waals surface area contributed by atoms with Crippen molar-refractivity contribution in [2.24, 2.45) is 11.3 Å². The first-order valence-electron chi connectivity index (χ1n) is 12.1. The molecule has 1 spiro atoms. The molecule has 0 aromatic heterocycles. The van der Waals surface area contributed by atoms with Crippen molar-refractivity contribution < 1.29 is 9.59 Å². The fourth-order valence-electron chi connectivity index (χ4n) is 5.23. The Labute approximate surface area is 199 Å². The van der Waals surface area contributed by atoms with Gasteiger partial charge in [-0.2, -0.15) is 0 Å². The summed E-state index contributed by atoms with van der Waals surface area (Å²) in [5.41, 5.74) is 2.34. The molecule has 2 amide bonds. The van der Waals surface area contributed by atoms with Crippen molar-refractivity contribution >= 4 is 23.6 Å². The van der Waals surface area contributed by atoms with Crippen LogP contribution in [0.4, 0.5) is 0 Å². The molecule has 2 saturated heterocycles. The van der Waals surface area contributed by atoms with E-state index in [4.69, 9.17) is 0 Å². The van der Waals surface area contributed by atoms with E-state index in [0.29, 0.717) is 12.3 Å². The number of thioether (sulfide) groups is 1. The van der Waals surface area contributed by atoms with Crippen LogP contribution in [0, 0.1) is 11.3 Å². The van der Waals surface area contributed by atoms with Crippen molar-refractivity contribution in [1.82, 2.24) is 9.80 Å². The minimum absolute atomic E-state index is 0.0794. The van der Waals surface area contributed by atoms with Gasteiger partial charge in [-0.15, -0.1) is 11.8 Å². The van der Waals surface area contributed by atoms with Crippen molar-refractivity contribution in [2.45, 2.75) is 84.4 Å². The van der Waals surface area contributed by atoms with Gasteiger partial charge in [0.1, 0.15) is 0 Å². The smallest absolute Gasteiger partial charge is 0.254 e. The van der Waals surface area contributed by atoms with Gasteiger partial charge in [-0.1, -0.05) is 60.6 Å². The number of amides is 2. The van der Waals surface area contributed by atoms with Gasteiger partial charge in [0.05, 0.1) is 4.87 Å². The van der Waals surface area contributed by atoms with Crippen LogP contribution in [0.15, 0.2) is 24.3 Å². The zero-order valence-electron chi connectivity index (χ0n) is 21.2. The predicted octanol–water partition coefficient (Wildman–Crippen LogP) is 5.95. The van der Waals surface area contributed by atoms with E-state index in [2.05, 4.69) is 65.5 Å². The van der Waals surface area contributed by atoms with Crippen LogP contribution in [0.1, 0.15) is 90.1 Å². The zero-order valence-corrected chi connectivity index (χ0v) is 22.0. The molecular weight excluding hydrogens is 416 g/mol. The van der Waals surface area contributed by atoms with Crippen LogP contribution < -0.4 is 0 Å².